The highest BCUT2D eigenvalue weighted by atomic mass is 35.5. The number of nitrogens with one attached hydrogen (secondary N) is 1. The number of ether oxygens (including phenoxy) is 1. The summed E-state index contributed by atoms with van der Waals surface area (Å²) in [5.41, 5.74) is 2.88. The first-order valence-corrected chi connectivity index (χ1v) is 9.87. The Labute approximate surface area is 183 Å². The fraction of sp³-hybridized carbons (Fsp3) is 0.154. The van der Waals surface area contributed by atoms with Crippen LogP contribution < -0.4 is 10.1 Å². The Hall–Kier alpha value is -2.88. The van der Waals surface area contributed by atoms with Crippen molar-refractivity contribution in [2.24, 2.45) is 0 Å². The first-order chi connectivity index (χ1) is 14.2. The summed E-state index contributed by atoms with van der Waals surface area (Å²) < 4.78 is 20.1. The van der Waals surface area contributed by atoms with E-state index in [0.717, 1.165) is 22.1 Å². The smallest absolute Gasteiger partial charge is 0.129 e. The highest BCUT2D eigenvalue weighted by Gasteiger charge is 2.12. The largest absolute Gasteiger partial charge is 0.488 e. The summed E-state index contributed by atoms with van der Waals surface area (Å²) in [5, 5.41) is 5.91. The van der Waals surface area contributed by atoms with Crippen molar-refractivity contribution in [2.75, 3.05) is 0 Å². The van der Waals surface area contributed by atoms with Crippen molar-refractivity contribution < 1.29 is 9.13 Å². The lowest BCUT2D eigenvalue weighted by atomic mass is 10.0. The van der Waals surface area contributed by atoms with Gasteiger partial charge in [-0.05, 0) is 35.4 Å². The van der Waals surface area contributed by atoms with E-state index in [1.54, 1.807) is 12.1 Å². The van der Waals surface area contributed by atoms with Gasteiger partial charge in [-0.2, -0.15) is 0 Å². The third-order valence-corrected chi connectivity index (χ3v) is 5.22. The van der Waals surface area contributed by atoms with Crippen molar-refractivity contribution in [1.29, 1.82) is 0 Å². The van der Waals surface area contributed by atoms with Gasteiger partial charge in [0, 0.05) is 23.7 Å². The van der Waals surface area contributed by atoms with E-state index >= 15 is 0 Å². The van der Waals surface area contributed by atoms with E-state index in [1.165, 1.54) is 11.6 Å². The second-order valence-corrected chi connectivity index (χ2v) is 7.16. The van der Waals surface area contributed by atoms with Crippen molar-refractivity contribution in [3.63, 3.8) is 0 Å². The van der Waals surface area contributed by atoms with Gasteiger partial charge in [0.15, 0.2) is 0 Å². The molecule has 4 aromatic rings. The second-order valence-electron chi connectivity index (χ2n) is 7.16. The number of hydrogen-bond acceptors (Lipinski definition) is 2. The molecular weight excluding hydrogens is 397 g/mol. The molecule has 4 aromatic carbocycles. The Morgan fingerprint density at radius 3 is 2.33 bits per heavy atom. The first-order valence-electron chi connectivity index (χ1n) is 9.87. The zero-order valence-electron chi connectivity index (χ0n) is 16.8. The van der Waals surface area contributed by atoms with Gasteiger partial charge in [-0.3, -0.25) is 0 Å². The van der Waals surface area contributed by atoms with Gasteiger partial charge in [-0.1, -0.05) is 78.9 Å². The summed E-state index contributed by atoms with van der Waals surface area (Å²) >= 11 is 0. The predicted octanol–water partition coefficient (Wildman–Crippen LogP) is 6.83. The van der Waals surface area contributed by atoms with Crippen LogP contribution in [0.2, 0.25) is 0 Å². The summed E-state index contributed by atoms with van der Waals surface area (Å²) in [6.45, 7) is 3.01. The van der Waals surface area contributed by atoms with E-state index in [0.29, 0.717) is 12.1 Å². The molecule has 0 aliphatic heterocycles. The molecule has 0 aromatic heterocycles. The monoisotopic (exact) mass is 421 g/mol. The van der Waals surface area contributed by atoms with Crippen LogP contribution in [0.4, 0.5) is 4.39 Å². The molecule has 1 unspecified atom stereocenters. The average molecular weight is 422 g/mol. The predicted molar refractivity (Wildman–Crippen MR) is 124 cm³/mol. The molecule has 1 N–H and O–H groups in total. The molecule has 0 saturated carbocycles. The molecule has 0 bridgehead atoms. The van der Waals surface area contributed by atoms with E-state index < -0.39 is 0 Å². The molecule has 0 saturated heterocycles. The van der Waals surface area contributed by atoms with Crippen LogP contribution in [-0.2, 0) is 13.2 Å². The maximum absolute atomic E-state index is 14.0. The average Bonchev–Trinajstić information content (AvgIpc) is 2.77. The molecular formula is C26H25ClFNO. The Morgan fingerprint density at radius 1 is 0.833 bits per heavy atom. The minimum absolute atomic E-state index is 0. The number of halogens is 2. The Bertz CT molecular complexity index is 1100. The molecule has 0 spiro atoms. The van der Waals surface area contributed by atoms with Gasteiger partial charge in [-0.25, -0.2) is 4.39 Å². The van der Waals surface area contributed by atoms with Gasteiger partial charge < -0.3 is 10.1 Å². The van der Waals surface area contributed by atoms with Crippen molar-refractivity contribution in [3.8, 4) is 5.75 Å². The van der Waals surface area contributed by atoms with Gasteiger partial charge in [-0.15, -0.1) is 12.4 Å². The third-order valence-electron chi connectivity index (χ3n) is 5.22. The molecule has 4 rings (SSSR count). The van der Waals surface area contributed by atoms with Gasteiger partial charge in [0.25, 0.3) is 0 Å². The van der Waals surface area contributed by atoms with Crippen molar-refractivity contribution >= 4 is 23.2 Å². The van der Waals surface area contributed by atoms with Crippen molar-refractivity contribution in [1.82, 2.24) is 5.32 Å². The standard InChI is InChI=1S/C26H24FNO.ClH/c1-19(20-9-3-2-4-10-20)28-17-24-23-13-7-5-11-21(23)15-16-26(24)29-18-22-12-6-8-14-25(22)27;/h2-16,19,28H,17-18H2,1H3;1H. The van der Waals surface area contributed by atoms with Gasteiger partial charge in [0.1, 0.15) is 18.2 Å². The third kappa shape index (κ3) is 4.99. The Morgan fingerprint density at radius 2 is 1.53 bits per heavy atom. The van der Waals surface area contributed by atoms with Crippen LogP contribution in [0.5, 0.6) is 5.75 Å². The topological polar surface area (TPSA) is 21.3 Å². The van der Waals surface area contributed by atoms with Crippen LogP contribution in [0.3, 0.4) is 0 Å². The summed E-state index contributed by atoms with van der Waals surface area (Å²) in [7, 11) is 0. The molecule has 0 radical (unpaired) electrons. The molecule has 2 nitrogen and oxygen atoms in total. The van der Waals surface area contributed by atoms with E-state index in [4.69, 9.17) is 4.74 Å². The maximum Gasteiger partial charge on any atom is 0.129 e. The highest BCUT2D eigenvalue weighted by Crippen LogP contribution is 2.29. The first kappa shape index (κ1) is 21.8. The molecule has 0 fully saturated rings. The van der Waals surface area contributed by atoms with E-state index in [1.807, 2.05) is 42.5 Å². The fourth-order valence-electron chi connectivity index (χ4n) is 3.52. The number of rotatable bonds is 7. The zero-order chi connectivity index (χ0) is 20.1. The van der Waals surface area contributed by atoms with Crippen LogP contribution in [-0.4, -0.2) is 0 Å². The molecule has 1 atom stereocenters. The molecule has 30 heavy (non-hydrogen) atoms. The maximum atomic E-state index is 14.0. The van der Waals surface area contributed by atoms with Crippen LogP contribution in [0.1, 0.15) is 29.7 Å². The lowest BCUT2D eigenvalue weighted by Gasteiger charge is -2.18. The minimum atomic E-state index is -0.245. The Balaban J connectivity index is 0.00000256. The zero-order valence-corrected chi connectivity index (χ0v) is 17.7. The van der Waals surface area contributed by atoms with Crippen molar-refractivity contribution in [3.05, 3.63) is 114 Å². The van der Waals surface area contributed by atoms with E-state index in [9.17, 15) is 4.39 Å². The lowest BCUT2D eigenvalue weighted by molar-refractivity contribution is 0.296. The van der Waals surface area contributed by atoms with Gasteiger partial charge in [0.05, 0.1) is 0 Å². The molecule has 0 aliphatic carbocycles. The van der Waals surface area contributed by atoms with Crippen LogP contribution >= 0.6 is 12.4 Å². The van der Waals surface area contributed by atoms with E-state index in [2.05, 4.69) is 42.6 Å². The molecule has 0 aliphatic rings. The van der Waals surface area contributed by atoms with Gasteiger partial charge >= 0.3 is 0 Å². The Kier molecular flexibility index (Phi) is 7.45. The van der Waals surface area contributed by atoms with Crippen LogP contribution in [0.25, 0.3) is 10.8 Å². The molecule has 154 valence electrons. The number of fused-ring (bicyclic) bond motifs is 1. The summed E-state index contributed by atoms with van der Waals surface area (Å²) in [6.07, 6.45) is 0. The van der Waals surface area contributed by atoms with Crippen LogP contribution in [0, 0.1) is 5.82 Å². The molecule has 0 heterocycles. The lowest BCUT2D eigenvalue weighted by Crippen LogP contribution is -2.18. The second kappa shape index (κ2) is 10.2. The van der Waals surface area contributed by atoms with Gasteiger partial charge in [0.2, 0.25) is 0 Å². The molecule has 4 heteroatoms. The normalized spacial score (nSPS) is 11.7. The quantitative estimate of drug-likeness (QED) is 0.353. The fourth-order valence-corrected chi connectivity index (χ4v) is 3.52. The SMILES string of the molecule is CC(NCc1c(OCc2ccccc2F)ccc2ccccc12)c1ccccc1.Cl. The molecule has 0 amide bonds. The summed E-state index contributed by atoms with van der Waals surface area (Å²) in [4.78, 5) is 0. The number of benzene rings is 4. The number of hydrogen-bond donors (Lipinski definition) is 1. The highest BCUT2D eigenvalue weighted by molar-refractivity contribution is 5.87. The van der Waals surface area contributed by atoms with Crippen molar-refractivity contribution in [2.45, 2.75) is 26.1 Å². The van der Waals surface area contributed by atoms with Crippen LogP contribution in [0.15, 0.2) is 91.0 Å². The summed E-state index contributed by atoms with van der Waals surface area (Å²) in [5.74, 6) is 0.533. The summed E-state index contributed by atoms with van der Waals surface area (Å²) in [6, 6.07) is 29.6. The van der Waals surface area contributed by atoms with E-state index in [-0.39, 0.29) is 30.9 Å². The minimum Gasteiger partial charge on any atom is -0.488 e.